The zero-order valence-corrected chi connectivity index (χ0v) is 14.8. The molecule has 3 N–H and O–H groups in total. The first-order valence-corrected chi connectivity index (χ1v) is 8.04. The van der Waals surface area contributed by atoms with Crippen molar-refractivity contribution >= 4 is 17.8 Å². The lowest BCUT2D eigenvalue weighted by Crippen LogP contribution is -2.62. The molecule has 0 spiro atoms. The lowest BCUT2D eigenvalue weighted by molar-refractivity contribution is -0.157. The highest BCUT2D eigenvalue weighted by atomic mass is 19.3. The van der Waals surface area contributed by atoms with Gasteiger partial charge in [-0.05, 0) is 25.2 Å². The van der Waals surface area contributed by atoms with Crippen LogP contribution in [0.3, 0.4) is 0 Å². The van der Waals surface area contributed by atoms with Gasteiger partial charge in [-0.15, -0.1) is 0 Å². The topological polar surface area (TPSA) is 107 Å². The van der Waals surface area contributed by atoms with Crippen LogP contribution >= 0.6 is 0 Å². The van der Waals surface area contributed by atoms with Crippen molar-refractivity contribution in [3.8, 4) is 0 Å². The van der Waals surface area contributed by atoms with Crippen LogP contribution in [0.5, 0.6) is 0 Å². The summed E-state index contributed by atoms with van der Waals surface area (Å²) in [6.45, 7) is 6.74. The molecule has 2 fully saturated rings. The fraction of sp³-hybridized carbons (Fsp3) is 0.812. The van der Waals surface area contributed by atoms with Gasteiger partial charge in [-0.25, -0.2) is 4.79 Å². The minimum Gasteiger partial charge on any atom is -0.480 e. The van der Waals surface area contributed by atoms with Crippen LogP contribution in [0.25, 0.3) is 0 Å². The summed E-state index contributed by atoms with van der Waals surface area (Å²) >= 11 is 0. The minimum absolute atomic E-state index is 0.0108. The molecule has 0 aromatic carbocycles. The Morgan fingerprint density at radius 2 is 1.76 bits per heavy atom. The second kappa shape index (κ2) is 5.62. The predicted molar refractivity (Wildman–Crippen MR) is 82.7 cm³/mol. The number of aliphatic carboxylic acids is 1. The van der Waals surface area contributed by atoms with Gasteiger partial charge in [-0.1, -0.05) is 13.8 Å². The van der Waals surface area contributed by atoms with Crippen molar-refractivity contribution in [1.82, 2.24) is 10.2 Å². The molecule has 142 valence electrons. The maximum absolute atomic E-state index is 13.2. The molecule has 0 aromatic heterocycles. The van der Waals surface area contributed by atoms with Crippen molar-refractivity contribution < 1.29 is 33.4 Å². The summed E-state index contributed by atoms with van der Waals surface area (Å²) in [5, 5.41) is 21.5. The number of carboxylic acids is 1. The van der Waals surface area contributed by atoms with Gasteiger partial charge in [0, 0.05) is 19.4 Å². The maximum Gasteiger partial charge on any atom is 0.326 e. The fourth-order valence-corrected chi connectivity index (χ4v) is 3.76. The van der Waals surface area contributed by atoms with E-state index in [1.807, 2.05) is 19.2 Å². The molecule has 1 heterocycles. The molecule has 25 heavy (non-hydrogen) atoms. The van der Waals surface area contributed by atoms with Crippen LogP contribution in [0.1, 0.15) is 34.6 Å². The second-order valence-electron chi connectivity index (χ2n) is 8.18. The molecule has 0 radical (unpaired) electrons. The Bertz CT molecular complexity index is 609. The van der Waals surface area contributed by atoms with Gasteiger partial charge in [0.2, 0.25) is 5.91 Å². The fourth-order valence-electron chi connectivity index (χ4n) is 3.76. The number of fused-ring (bicyclic) bond motifs is 1. The molecule has 7 nitrogen and oxygen atoms in total. The van der Waals surface area contributed by atoms with E-state index in [4.69, 9.17) is 0 Å². The number of nitrogens with one attached hydrogen (secondary N) is 1. The number of alkyl halides is 2. The van der Waals surface area contributed by atoms with Crippen LogP contribution in [-0.2, 0) is 14.4 Å². The number of amides is 2. The Kier molecular flexibility index (Phi) is 4.39. The standard InChI is InChI=1S/C16H24F2N2O5/c1-14(2)7-6-20(9(8(7)14)12(22)23)11(21)10(15(3,4)25)19-13(24)16(5,17)18/h7-10,25H,6H2,1-5H3,(H,19,24)(H,22,23)/t7-,8-,9-,10?/m0/s1. The average Bonchev–Trinajstić information content (AvgIpc) is 2.82. The molecule has 1 aliphatic carbocycles. The number of piperidine rings is 1. The summed E-state index contributed by atoms with van der Waals surface area (Å²) in [6, 6.07) is -2.77. The third-order valence-corrected chi connectivity index (χ3v) is 5.37. The zero-order valence-electron chi connectivity index (χ0n) is 14.8. The SMILES string of the molecule is CC(F)(F)C(=O)NC(C(=O)N1C[C@H]2[C@@H]([C@H]1C(=O)O)C2(C)C)C(C)(C)O. The van der Waals surface area contributed by atoms with E-state index in [9.17, 15) is 33.4 Å². The number of carbonyl (C=O) groups excluding carboxylic acids is 2. The number of rotatable bonds is 5. The molecule has 2 rings (SSSR count). The third kappa shape index (κ3) is 3.33. The van der Waals surface area contributed by atoms with Crippen molar-refractivity contribution in [3.63, 3.8) is 0 Å². The van der Waals surface area contributed by atoms with Crippen LogP contribution in [-0.4, -0.2) is 63.0 Å². The van der Waals surface area contributed by atoms with Gasteiger partial charge >= 0.3 is 11.9 Å². The monoisotopic (exact) mass is 362 g/mol. The van der Waals surface area contributed by atoms with Gasteiger partial charge in [0.1, 0.15) is 12.1 Å². The van der Waals surface area contributed by atoms with E-state index in [-0.39, 0.29) is 23.8 Å². The summed E-state index contributed by atoms with van der Waals surface area (Å²) in [5.74, 6) is -7.74. The number of carbonyl (C=O) groups is 3. The molecule has 1 saturated carbocycles. The minimum atomic E-state index is -3.73. The second-order valence-corrected chi connectivity index (χ2v) is 8.18. The largest absolute Gasteiger partial charge is 0.480 e. The van der Waals surface area contributed by atoms with Crippen LogP contribution in [0, 0.1) is 17.3 Å². The molecule has 9 heteroatoms. The van der Waals surface area contributed by atoms with E-state index in [1.165, 1.54) is 13.8 Å². The van der Waals surface area contributed by atoms with E-state index >= 15 is 0 Å². The highest BCUT2D eigenvalue weighted by Gasteiger charge is 2.70. The number of halogens is 2. The van der Waals surface area contributed by atoms with Crippen molar-refractivity contribution in [2.75, 3.05) is 6.54 Å². The van der Waals surface area contributed by atoms with E-state index < -0.39 is 41.4 Å². The zero-order chi connectivity index (χ0) is 19.5. The average molecular weight is 362 g/mol. The van der Waals surface area contributed by atoms with Crippen LogP contribution in [0.4, 0.5) is 8.78 Å². The molecular formula is C16H24F2N2O5. The van der Waals surface area contributed by atoms with Gasteiger partial charge in [-0.2, -0.15) is 8.78 Å². The first-order valence-electron chi connectivity index (χ1n) is 8.04. The van der Waals surface area contributed by atoms with E-state index in [0.29, 0.717) is 6.92 Å². The number of aliphatic hydroxyl groups is 1. The summed E-state index contributed by atoms with van der Waals surface area (Å²) in [5.41, 5.74) is -2.06. The lowest BCUT2D eigenvalue weighted by Gasteiger charge is -2.36. The van der Waals surface area contributed by atoms with Crippen LogP contribution in [0.15, 0.2) is 0 Å². The molecule has 1 aliphatic heterocycles. The van der Waals surface area contributed by atoms with Gasteiger partial charge in [0.25, 0.3) is 5.91 Å². The van der Waals surface area contributed by atoms with Gasteiger partial charge < -0.3 is 20.4 Å². The highest BCUT2D eigenvalue weighted by molar-refractivity contribution is 5.93. The van der Waals surface area contributed by atoms with E-state index in [2.05, 4.69) is 0 Å². The predicted octanol–water partition coefficient (Wildman–Crippen LogP) is 0.465. The van der Waals surface area contributed by atoms with Crippen molar-refractivity contribution in [2.45, 2.75) is 58.2 Å². The van der Waals surface area contributed by atoms with Gasteiger partial charge in [0.15, 0.2) is 0 Å². The number of likely N-dealkylation sites (tertiary alicyclic amines) is 1. The normalized spacial score (nSPS) is 29.0. The van der Waals surface area contributed by atoms with Crippen LogP contribution in [0.2, 0.25) is 0 Å². The van der Waals surface area contributed by atoms with Gasteiger partial charge in [0.05, 0.1) is 5.60 Å². The summed E-state index contributed by atoms with van der Waals surface area (Å²) in [4.78, 5) is 37.1. The molecule has 4 atom stereocenters. The smallest absolute Gasteiger partial charge is 0.326 e. The number of hydrogen-bond donors (Lipinski definition) is 3. The molecule has 1 unspecified atom stereocenters. The van der Waals surface area contributed by atoms with E-state index in [0.717, 1.165) is 4.90 Å². The Labute approximate surface area is 144 Å². The lowest BCUT2D eigenvalue weighted by atomic mass is 9.94. The summed E-state index contributed by atoms with van der Waals surface area (Å²) in [6.07, 6.45) is 0. The van der Waals surface area contributed by atoms with Crippen molar-refractivity contribution in [1.29, 1.82) is 0 Å². The highest BCUT2D eigenvalue weighted by Crippen LogP contribution is 2.64. The molecule has 0 bridgehead atoms. The number of nitrogens with zero attached hydrogens (tertiary/aromatic N) is 1. The Balaban J connectivity index is 2.26. The van der Waals surface area contributed by atoms with Crippen LogP contribution < -0.4 is 5.32 Å². The van der Waals surface area contributed by atoms with Crippen molar-refractivity contribution in [2.24, 2.45) is 17.3 Å². The quantitative estimate of drug-likeness (QED) is 0.659. The first kappa shape index (κ1) is 19.6. The molecule has 0 aromatic rings. The first-order chi connectivity index (χ1) is 11.1. The summed E-state index contributed by atoms with van der Waals surface area (Å²) in [7, 11) is 0. The Morgan fingerprint density at radius 1 is 1.24 bits per heavy atom. The van der Waals surface area contributed by atoms with E-state index in [1.54, 1.807) is 0 Å². The number of hydrogen-bond acceptors (Lipinski definition) is 4. The maximum atomic E-state index is 13.2. The van der Waals surface area contributed by atoms with Crippen molar-refractivity contribution in [3.05, 3.63) is 0 Å². The molecular weight excluding hydrogens is 338 g/mol. The number of carboxylic acid groups (broad SMARTS) is 1. The Morgan fingerprint density at radius 3 is 2.16 bits per heavy atom. The molecule has 2 amide bonds. The Hall–Kier alpha value is -1.77. The summed E-state index contributed by atoms with van der Waals surface area (Å²) < 4.78 is 26.3. The van der Waals surface area contributed by atoms with Gasteiger partial charge in [-0.3, -0.25) is 9.59 Å². The molecule has 1 saturated heterocycles. The third-order valence-electron chi connectivity index (χ3n) is 5.37. The molecule has 2 aliphatic rings.